The van der Waals surface area contributed by atoms with E-state index in [2.05, 4.69) is 84.3 Å². The van der Waals surface area contributed by atoms with Gasteiger partial charge in [0, 0.05) is 13.1 Å². The Morgan fingerprint density at radius 3 is 2.58 bits per heavy atom. The third-order valence-electron chi connectivity index (χ3n) is 4.03. The minimum atomic E-state index is 0.545. The summed E-state index contributed by atoms with van der Waals surface area (Å²) in [6.07, 6.45) is 4.38. The topological polar surface area (TPSA) is 7.60 Å². The van der Waals surface area contributed by atoms with Crippen molar-refractivity contribution in [2.75, 3.05) is 19.6 Å². The molecule has 2 nitrogen and oxygen atoms in total. The third-order valence-corrected chi connectivity index (χ3v) is 4.03. The molecule has 0 radical (unpaired) electrons. The van der Waals surface area contributed by atoms with E-state index < -0.39 is 0 Å². The van der Waals surface area contributed by atoms with Crippen molar-refractivity contribution >= 4 is 6.08 Å². The van der Waals surface area contributed by atoms with Crippen molar-refractivity contribution in [1.82, 2.24) is 4.90 Å². The van der Waals surface area contributed by atoms with E-state index in [-0.39, 0.29) is 0 Å². The second-order valence-corrected chi connectivity index (χ2v) is 6.33. The van der Waals surface area contributed by atoms with Crippen LogP contribution in [-0.2, 0) is 6.54 Å². The van der Waals surface area contributed by atoms with Gasteiger partial charge in [-0.25, -0.2) is 6.57 Å². The van der Waals surface area contributed by atoms with Crippen LogP contribution in [0.4, 0.5) is 0 Å². The summed E-state index contributed by atoms with van der Waals surface area (Å²) in [6.45, 7) is 14.6. The van der Waals surface area contributed by atoms with E-state index in [9.17, 15) is 0 Å². The molecule has 2 aromatic rings. The van der Waals surface area contributed by atoms with Crippen LogP contribution in [0.1, 0.15) is 36.5 Å². The average Bonchev–Trinajstić information content (AvgIpc) is 2.60. The van der Waals surface area contributed by atoms with E-state index in [0.29, 0.717) is 12.5 Å². The predicted octanol–water partition coefficient (Wildman–Crippen LogP) is 5.24. The molecule has 0 unspecified atom stereocenters. The molecule has 2 rings (SSSR count). The lowest BCUT2D eigenvalue weighted by atomic mass is 10.0. The average molecular weight is 318 g/mol. The Hall–Kier alpha value is -2.37. The fraction of sp³-hybridized carbons (Fsp3) is 0.318. The summed E-state index contributed by atoms with van der Waals surface area (Å²) >= 11 is 0. The van der Waals surface area contributed by atoms with Crippen LogP contribution >= 0.6 is 0 Å². The van der Waals surface area contributed by atoms with Gasteiger partial charge in [-0.05, 0) is 22.6 Å². The zero-order valence-corrected chi connectivity index (χ0v) is 14.7. The number of rotatable bonds is 8. The molecule has 0 amide bonds. The number of nitrogens with zero attached hydrogens (tertiary/aromatic N) is 2. The molecule has 2 aromatic carbocycles. The summed E-state index contributed by atoms with van der Waals surface area (Å²) in [5.41, 5.74) is 3.90. The monoisotopic (exact) mass is 318 g/mol. The van der Waals surface area contributed by atoms with Gasteiger partial charge in [0.1, 0.15) is 0 Å². The van der Waals surface area contributed by atoms with Crippen LogP contribution in [0.5, 0.6) is 0 Å². The van der Waals surface area contributed by atoms with Gasteiger partial charge in [0.15, 0.2) is 0 Å². The van der Waals surface area contributed by atoms with Crippen LogP contribution in [0.15, 0.2) is 60.7 Å². The lowest BCUT2D eigenvalue weighted by Gasteiger charge is -2.18. The summed E-state index contributed by atoms with van der Waals surface area (Å²) in [5, 5.41) is 0. The summed E-state index contributed by atoms with van der Waals surface area (Å²) < 4.78 is 0. The molecule has 0 aliphatic heterocycles. The molecular weight excluding hydrogens is 292 g/mol. The molecule has 0 saturated heterocycles. The second kappa shape index (κ2) is 9.70. The zero-order valence-electron chi connectivity index (χ0n) is 14.7. The Morgan fingerprint density at radius 1 is 1.08 bits per heavy atom. The molecule has 0 bridgehead atoms. The van der Waals surface area contributed by atoms with E-state index in [1.54, 1.807) is 0 Å². The fourth-order valence-electron chi connectivity index (χ4n) is 2.63. The highest BCUT2D eigenvalue weighted by Crippen LogP contribution is 2.16. The molecule has 124 valence electrons. The Bertz CT molecular complexity index is 681. The Labute approximate surface area is 146 Å². The minimum absolute atomic E-state index is 0.545. The van der Waals surface area contributed by atoms with Gasteiger partial charge in [0.25, 0.3) is 0 Å². The van der Waals surface area contributed by atoms with Crippen molar-refractivity contribution in [3.05, 3.63) is 88.8 Å². The molecule has 0 fully saturated rings. The number of hydrogen-bond donors (Lipinski definition) is 0. The van der Waals surface area contributed by atoms with E-state index in [4.69, 9.17) is 6.57 Å². The summed E-state index contributed by atoms with van der Waals surface area (Å²) in [6, 6.07) is 19.1. The quantitative estimate of drug-likeness (QED) is 0.604. The normalized spacial score (nSPS) is 11.3. The summed E-state index contributed by atoms with van der Waals surface area (Å²) in [5.74, 6) is 0.548. The zero-order chi connectivity index (χ0) is 17.2. The first-order chi connectivity index (χ1) is 11.7. The minimum Gasteiger partial charge on any atom is -0.316 e. The number of hydrogen-bond acceptors (Lipinski definition) is 1. The SMILES string of the molecule is [C-]#[N+]CCN(CC=Cc1cccc(C(C)C)c1)Cc1ccccc1. The molecule has 0 aromatic heterocycles. The first-order valence-corrected chi connectivity index (χ1v) is 8.55. The number of benzene rings is 2. The predicted molar refractivity (Wildman–Crippen MR) is 103 cm³/mol. The Balaban J connectivity index is 1.99. The molecule has 0 spiro atoms. The molecule has 2 heteroatoms. The fourth-order valence-corrected chi connectivity index (χ4v) is 2.63. The van der Waals surface area contributed by atoms with Gasteiger partial charge in [-0.2, -0.15) is 0 Å². The van der Waals surface area contributed by atoms with Crippen molar-refractivity contribution in [3.63, 3.8) is 0 Å². The first-order valence-electron chi connectivity index (χ1n) is 8.55. The van der Waals surface area contributed by atoms with Gasteiger partial charge < -0.3 is 4.85 Å². The van der Waals surface area contributed by atoms with Crippen molar-refractivity contribution < 1.29 is 0 Å². The van der Waals surface area contributed by atoms with Crippen LogP contribution in [0.3, 0.4) is 0 Å². The molecule has 0 saturated carbocycles. The lowest BCUT2D eigenvalue weighted by Crippen LogP contribution is -2.25. The van der Waals surface area contributed by atoms with Gasteiger partial charge in [-0.1, -0.05) is 80.6 Å². The molecular formula is C22H26N2. The molecule has 0 N–H and O–H groups in total. The van der Waals surface area contributed by atoms with Crippen LogP contribution in [0.2, 0.25) is 0 Å². The van der Waals surface area contributed by atoms with Crippen molar-refractivity contribution in [1.29, 1.82) is 0 Å². The standard InChI is InChI=1S/C22H26N2/c1-19(2)22-13-7-11-20(17-22)12-8-15-24(16-14-23-3)18-21-9-5-4-6-10-21/h4-13,17,19H,14-16,18H2,1-2H3. The maximum absolute atomic E-state index is 7.03. The van der Waals surface area contributed by atoms with Crippen LogP contribution < -0.4 is 0 Å². The van der Waals surface area contributed by atoms with Gasteiger partial charge in [-0.15, -0.1) is 0 Å². The highest BCUT2D eigenvalue weighted by atomic mass is 15.1. The molecule has 0 atom stereocenters. The van der Waals surface area contributed by atoms with Crippen LogP contribution in [-0.4, -0.2) is 24.5 Å². The van der Waals surface area contributed by atoms with Crippen molar-refractivity contribution in [2.45, 2.75) is 26.3 Å². The summed E-state index contributed by atoms with van der Waals surface area (Å²) in [4.78, 5) is 5.81. The smallest absolute Gasteiger partial charge is 0.227 e. The summed E-state index contributed by atoms with van der Waals surface area (Å²) in [7, 11) is 0. The van der Waals surface area contributed by atoms with Crippen LogP contribution in [0.25, 0.3) is 10.9 Å². The van der Waals surface area contributed by atoms with Crippen LogP contribution in [0, 0.1) is 6.57 Å². The molecule has 0 heterocycles. The van der Waals surface area contributed by atoms with E-state index in [1.807, 2.05) is 6.07 Å². The Morgan fingerprint density at radius 2 is 1.88 bits per heavy atom. The van der Waals surface area contributed by atoms with Crippen molar-refractivity contribution in [2.24, 2.45) is 0 Å². The maximum atomic E-state index is 7.03. The van der Waals surface area contributed by atoms with Gasteiger partial charge >= 0.3 is 0 Å². The maximum Gasteiger partial charge on any atom is 0.227 e. The first kappa shape index (κ1) is 18.0. The molecule has 24 heavy (non-hydrogen) atoms. The van der Waals surface area contributed by atoms with Crippen molar-refractivity contribution in [3.8, 4) is 0 Å². The lowest BCUT2D eigenvalue weighted by molar-refractivity contribution is 0.309. The van der Waals surface area contributed by atoms with E-state index in [1.165, 1.54) is 16.7 Å². The molecule has 0 aliphatic carbocycles. The third kappa shape index (κ3) is 6.02. The molecule has 0 aliphatic rings. The highest BCUT2D eigenvalue weighted by Gasteiger charge is 2.05. The van der Waals surface area contributed by atoms with Gasteiger partial charge in [0.05, 0.1) is 6.54 Å². The van der Waals surface area contributed by atoms with E-state index >= 15 is 0 Å². The highest BCUT2D eigenvalue weighted by molar-refractivity contribution is 5.50. The largest absolute Gasteiger partial charge is 0.316 e. The second-order valence-electron chi connectivity index (χ2n) is 6.33. The van der Waals surface area contributed by atoms with E-state index in [0.717, 1.165) is 19.6 Å². The van der Waals surface area contributed by atoms with Gasteiger partial charge in [-0.3, -0.25) is 4.90 Å². The van der Waals surface area contributed by atoms with Gasteiger partial charge in [0.2, 0.25) is 6.54 Å². The Kier molecular flexibility index (Phi) is 7.26.